The van der Waals surface area contributed by atoms with Crippen LogP contribution < -0.4 is 21.3 Å². The summed E-state index contributed by atoms with van der Waals surface area (Å²) in [5.41, 5.74) is 4.21. The highest BCUT2D eigenvalue weighted by atomic mass is 16.5. The molecule has 11 nitrogen and oxygen atoms in total. The molecule has 0 spiro atoms. The highest BCUT2D eigenvalue weighted by Crippen LogP contribution is 2.21. The van der Waals surface area contributed by atoms with Gasteiger partial charge < -0.3 is 30.7 Å². The summed E-state index contributed by atoms with van der Waals surface area (Å²) in [6.07, 6.45) is 0.565. The summed E-state index contributed by atoms with van der Waals surface area (Å²) in [5, 5.41) is 11.2. The first-order valence-corrected chi connectivity index (χ1v) is 13.7. The SMILES string of the molecule is COC(=O)CCCC(=O)NC(CC(=O)OC)c1ccc(NC(=O)Cc2ccc(NC(=O)Nc3ccccc3C)cc2)cc1. The number of urea groups is 1. The molecule has 0 bridgehead atoms. The lowest BCUT2D eigenvalue weighted by atomic mass is 10.0. The van der Waals surface area contributed by atoms with Gasteiger partial charge in [0.2, 0.25) is 11.8 Å². The third kappa shape index (κ3) is 11.0. The number of rotatable bonds is 13. The molecule has 0 aliphatic rings. The second-order valence-corrected chi connectivity index (χ2v) is 9.77. The van der Waals surface area contributed by atoms with Crippen LogP contribution >= 0.6 is 0 Å². The third-order valence-electron chi connectivity index (χ3n) is 6.51. The van der Waals surface area contributed by atoms with Crippen LogP contribution in [0.2, 0.25) is 0 Å². The summed E-state index contributed by atoms with van der Waals surface area (Å²) in [6.45, 7) is 1.91. The van der Waals surface area contributed by atoms with Crippen LogP contribution in [-0.2, 0) is 35.1 Å². The second kappa shape index (κ2) is 16.3. The second-order valence-electron chi connectivity index (χ2n) is 9.77. The number of hydrogen-bond acceptors (Lipinski definition) is 7. The van der Waals surface area contributed by atoms with Gasteiger partial charge in [-0.15, -0.1) is 0 Å². The molecule has 0 saturated carbocycles. The Labute approximate surface area is 250 Å². The van der Waals surface area contributed by atoms with Gasteiger partial charge in [-0.3, -0.25) is 19.2 Å². The molecular weight excluding hydrogens is 552 g/mol. The number of methoxy groups -OCH3 is 2. The number of nitrogens with one attached hydrogen (secondary N) is 4. The normalized spacial score (nSPS) is 11.0. The topological polar surface area (TPSA) is 152 Å². The molecule has 3 aromatic carbocycles. The van der Waals surface area contributed by atoms with Gasteiger partial charge in [0, 0.05) is 29.9 Å². The molecule has 0 aromatic heterocycles. The van der Waals surface area contributed by atoms with Crippen LogP contribution in [0.4, 0.5) is 21.9 Å². The Kier molecular flexibility index (Phi) is 12.3. The van der Waals surface area contributed by atoms with Gasteiger partial charge in [-0.25, -0.2) is 4.79 Å². The van der Waals surface area contributed by atoms with Gasteiger partial charge in [0.1, 0.15) is 0 Å². The standard InChI is InChI=1S/C32H36N4O7/c1-21-7-4-5-8-26(21)36-32(41)34-25-15-11-22(12-16-25)19-29(38)33-24-17-13-23(14-18-24)27(20-31(40)43-3)35-28(37)9-6-10-30(39)42-2/h4-5,7-8,11-18,27H,6,9-10,19-20H2,1-3H3,(H,33,38)(H,35,37)(H2,34,36,41). The Bertz CT molecular complexity index is 1420. The number of ether oxygens (including phenoxy) is 2. The molecule has 4 amide bonds. The van der Waals surface area contributed by atoms with Gasteiger partial charge in [-0.2, -0.15) is 0 Å². The molecule has 3 rings (SSSR count). The first-order valence-electron chi connectivity index (χ1n) is 13.7. The number of benzene rings is 3. The van der Waals surface area contributed by atoms with Gasteiger partial charge in [-0.05, 0) is 60.4 Å². The van der Waals surface area contributed by atoms with Crippen molar-refractivity contribution in [3.63, 3.8) is 0 Å². The van der Waals surface area contributed by atoms with Crippen LogP contribution in [0.15, 0.2) is 72.8 Å². The quantitative estimate of drug-likeness (QED) is 0.208. The lowest BCUT2D eigenvalue weighted by Gasteiger charge is -2.19. The fourth-order valence-corrected chi connectivity index (χ4v) is 4.16. The molecule has 226 valence electrons. The van der Waals surface area contributed by atoms with Crippen LogP contribution in [-0.4, -0.2) is 44.0 Å². The number of amides is 4. The fourth-order valence-electron chi connectivity index (χ4n) is 4.16. The molecule has 11 heteroatoms. The van der Waals surface area contributed by atoms with Gasteiger partial charge in [0.05, 0.1) is 33.1 Å². The summed E-state index contributed by atoms with van der Waals surface area (Å²) in [6, 6.07) is 20.2. The molecule has 1 atom stereocenters. The van der Waals surface area contributed by atoms with Crippen molar-refractivity contribution in [3.05, 3.63) is 89.5 Å². The summed E-state index contributed by atoms with van der Waals surface area (Å²) in [4.78, 5) is 60.6. The number of para-hydroxylation sites is 1. The zero-order valence-electron chi connectivity index (χ0n) is 24.4. The number of anilines is 3. The maximum Gasteiger partial charge on any atom is 0.323 e. The van der Waals surface area contributed by atoms with Crippen LogP contribution in [0.5, 0.6) is 0 Å². The highest BCUT2D eigenvalue weighted by Gasteiger charge is 2.19. The van der Waals surface area contributed by atoms with E-state index in [9.17, 15) is 24.0 Å². The van der Waals surface area contributed by atoms with Crippen molar-refractivity contribution in [2.45, 2.75) is 45.1 Å². The predicted molar refractivity (Wildman–Crippen MR) is 162 cm³/mol. The van der Waals surface area contributed by atoms with E-state index < -0.39 is 18.0 Å². The van der Waals surface area contributed by atoms with E-state index in [1.807, 2.05) is 31.2 Å². The van der Waals surface area contributed by atoms with E-state index in [4.69, 9.17) is 4.74 Å². The maximum absolute atomic E-state index is 12.7. The minimum atomic E-state index is -0.645. The van der Waals surface area contributed by atoms with E-state index in [-0.39, 0.29) is 43.5 Å². The van der Waals surface area contributed by atoms with E-state index in [2.05, 4.69) is 26.0 Å². The molecule has 3 aromatic rings. The van der Waals surface area contributed by atoms with Crippen LogP contribution in [0, 0.1) is 6.92 Å². The summed E-state index contributed by atoms with van der Waals surface area (Å²) in [7, 11) is 2.55. The average molecular weight is 589 g/mol. The predicted octanol–water partition coefficient (Wildman–Crippen LogP) is 4.88. The van der Waals surface area contributed by atoms with E-state index in [1.165, 1.54) is 14.2 Å². The molecule has 0 saturated heterocycles. The molecule has 0 radical (unpaired) electrons. The maximum atomic E-state index is 12.7. The van der Waals surface area contributed by atoms with Crippen molar-refractivity contribution in [1.29, 1.82) is 0 Å². The van der Waals surface area contributed by atoms with Crippen LogP contribution in [0.1, 0.15) is 48.4 Å². The van der Waals surface area contributed by atoms with Crippen molar-refractivity contribution in [1.82, 2.24) is 5.32 Å². The molecule has 4 N–H and O–H groups in total. The number of carbonyl (C=O) groups excluding carboxylic acids is 5. The molecule has 0 heterocycles. The smallest absolute Gasteiger partial charge is 0.323 e. The Morgan fingerprint density at radius 3 is 1.98 bits per heavy atom. The highest BCUT2D eigenvalue weighted by molar-refractivity contribution is 6.00. The number of aryl methyl sites for hydroxylation is 1. The molecule has 43 heavy (non-hydrogen) atoms. The van der Waals surface area contributed by atoms with E-state index in [1.54, 1.807) is 48.5 Å². The Balaban J connectivity index is 1.52. The molecule has 0 aliphatic heterocycles. The number of carbonyl (C=O) groups is 5. The zero-order valence-corrected chi connectivity index (χ0v) is 24.4. The lowest BCUT2D eigenvalue weighted by Crippen LogP contribution is -2.30. The van der Waals surface area contributed by atoms with Gasteiger partial charge in [-0.1, -0.05) is 42.5 Å². The van der Waals surface area contributed by atoms with Crippen molar-refractivity contribution >= 4 is 46.8 Å². The van der Waals surface area contributed by atoms with Crippen molar-refractivity contribution in [2.24, 2.45) is 0 Å². The third-order valence-corrected chi connectivity index (χ3v) is 6.51. The van der Waals surface area contributed by atoms with Gasteiger partial charge >= 0.3 is 18.0 Å². The monoisotopic (exact) mass is 588 g/mol. The first kappa shape index (κ1) is 32.3. The van der Waals surface area contributed by atoms with Crippen molar-refractivity contribution < 1.29 is 33.4 Å². The minimum absolute atomic E-state index is 0.0800. The lowest BCUT2D eigenvalue weighted by molar-refractivity contribution is -0.141. The summed E-state index contributed by atoms with van der Waals surface area (Å²) >= 11 is 0. The number of esters is 2. The van der Waals surface area contributed by atoms with Crippen LogP contribution in [0.3, 0.4) is 0 Å². The Morgan fingerprint density at radius 1 is 0.698 bits per heavy atom. The minimum Gasteiger partial charge on any atom is -0.469 e. The van der Waals surface area contributed by atoms with Crippen molar-refractivity contribution in [2.75, 3.05) is 30.2 Å². The average Bonchev–Trinajstić information content (AvgIpc) is 2.99. The number of hydrogen-bond donors (Lipinski definition) is 4. The Morgan fingerprint density at radius 2 is 1.33 bits per heavy atom. The molecule has 0 fully saturated rings. The largest absolute Gasteiger partial charge is 0.469 e. The fraction of sp³-hybridized carbons (Fsp3) is 0.281. The first-order chi connectivity index (χ1) is 20.7. The van der Waals surface area contributed by atoms with Gasteiger partial charge in [0.15, 0.2) is 0 Å². The molecule has 1 unspecified atom stereocenters. The van der Waals surface area contributed by atoms with Gasteiger partial charge in [0.25, 0.3) is 0 Å². The zero-order chi connectivity index (χ0) is 31.2. The summed E-state index contributed by atoms with van der Waals surface area (Å²) in [5.74, 6) is -1.45. The van der Waals surface area contributed by atoms with Crippen LogP contribution in [0.25, 0.3) is 0 Å². The molecule has 0 aliphatic carbocycles. The Hall–Kier alpha value is -5.19. The van der Waals surface area contributed by atoms with E-state index in [0.717, 1.165) is 16.8 Å². The summed E-state index contributed by atoms with van der Waals surface area (Å²) < 4.78 is 9.35. The molecular formula is C32H36N4O7. The van der Waals surface area contributed by atoms with Crippen molar-refractivity contribution in [3.8, 4) is 0 Å². The van der Waals surface area contributed by atoms with E-state index >= 15 is 0 Å². The van der Waals surface area contributed by atoms with E-state index in [0.29, 0.717) is 23.4 Å².